The Balaban J connectivity index is 2.57. The zero-order chi connectivity index (χ0) is 14.1. The van der Waals surface area contributed by atoms with E-state index >= 15 is 0 Å². The zero-order valence-electron chi connectivity index (χ0n) is 10.8. The third-order valence-electron chi connectivity index (χ3n) is 3.37. The minimum atomic E-state index is -3.14. The Hall–Kier alpha value is -1.11. The highest BCUT2D eigenvalue weighted by Gasteiger charge is 2.49. The lowest BCUT2D eigenvalue weighted by Crippen LogP contribution is -2.41. The fourth-order valence-electron chi connectivity index (χ4n) is 1.82. The number of hydrogen-bond acceptors (Lipinski definition) is 4. The average Bonchev–Trinajstić information content (AvgIpc) is 3.06. The van der Waals surface area contributed by atoms with Crippen LogP contribution in [0.15, 0.2) is 0 Å². The van der Waals surface area contributed by atoms with Gasteiger partial charge in [-0.05, 0) is 13.3 Å². The predicted molar refractivity (Wildman–Crippen MR) is 65.8 cm³/mol. The van der Waals surface area contributed by atoms with Crippen molar-refractivity contribution in [3.05, 3.63) is 0 Å². The van der Waals surface area contributed by atoms with Gasteiger partial charge in [0.2, 0.25) is 5.91 Å². The first kappa shape index (κ1) is 14.9. The van der Waals surface area contributed by atoms with Crippen molar-refractivity contribution in [2.45, 2.75) is 26.3 Å². The van der Waals surface area contributed by atoms with Crippen LogP contribution in [-0.2, 0) is 19.4 Å². The number of hydrogen-bond donors (Lipinski definition) is 1. The summed E-state index contributed by atoms with van der Waals surface area (Å²) in [6, 6.07) is -0.433. The number of aliphatic carboxylic acids is 1. The van der Waals surface area contributed by atoms with E-state index in [0.717, 1.165) is 0 Å². The summed E-state index contributed by atoms with van der Waals surface area (Å²) in [6.45, 7) is 3.22. The Morgan fingerprint density at radius 2 is 1.94 bits per heavy atom. The summed E-state index contributed by atoms with van der Waals surface area (Å²) in [6.07, 6.45) is 0.353. The number of carboxylic acid groups (broad SMARTS) is 1. The molecule has 18 heavy (non-hydrogen) atoms. The number of rotatable bonds is 6. The lowest BCUT2D eigenvalue weighted by atomic mass is 10.2. The second-order valence-electron chi connectivity index (χ2n) is 4.78. The van der Waals surface area contributed by atoms with E-state index in [0.29, 0.717) is 6.42 Å². The molecule has 1 N–H and O–H groups in total. The summed E-state index contributed by atoms with van der Waals surface area (Å²) in [7, 11) is -1.62. The van der Waals surface area contributed by atoms with Gasteiger partial charge in [-0.3, -0.25) is 9.59 Å². The van der Waals surface area contributed by atoms with Gasteiger partial charge in [0.25, 0.3) is 0 Å². The fourth-order valence-corrected chi connectivity index (χ4v) is 3.01. The molecular weight excluding hydrogens is 258 g/mol. The summed E-state index contributed by atoms with van der Waals surface area (Å²) < 4.78 is 22.9. The predicted octanol–water partition coefficient (Wildman–Crippen LogP) is -0.0113. The monoisotopic (exact) mass is 277 g/mol. The van der Waals surface area contributed by atoms with Crippen molar-refractivity contribution in [2.24, 2.45) is 11.8 Å². The number of nitrogens with zero attached hydrogens (tertiary/aromatic N) is 1. The standard InChI is InChI=1S/C11H19NO5S/c1-4-18(16,17)6-7(2)12(3)10(13)8-5-9(8)11(14)15/h7-9H,4-6H2,1-3H3,(H,14,15)/t7-,8-,9-/m0/s1. The zero-order valence-corrected chi connectivity index (χ0v) is 11.6. The molecular formula is C11H19NO5S. The van der Waals surface area contributed by atoms with E-state index in [1.54, 1.807) is 13.8 Å². The first-order valence-corrected chi connectivity index (χ1v) is 7.71. The van der Waals surface area contributed by atoms with E-state index in [4.69, 9.17) is 5.11 Å². The summed E-state index contributed by atoms with van der Waals surface area (Å²) >= 11 is 0. The molecule has 1 aliphatic rings. The summed E-state index contributed by atoms with van der Waals surface area (Å²) in [5, 5.41) is 8.75. The summed E-state index contributed by atoms with van der Waals surface area (Å²) in [5.41, 5.74) is 0. The van der Waals surface area contributed by atoms with Gasteiger partial charge in [0.15, 0.2) is 9.84 Å². The maximum absolute atomic E-state index is 11.9. The van der Waals surface area contributed by atoms with Gasteiger partial charge in [-0.25, -0.2) is 8.42 Å². The van der Waals surface area contributed by atoms with Crippen LogP contribution in [-0.4, -0.2) is 54.9 Å². The molecule has 1 fully saturated rings. The second-order valence-corrected chi connectivity index (χ2v) is 7.18. The van der Waals surface area contributed by atoms with Crippen molar-refractivity contribution < 1.29 is 23.1 Å². The van der Waals surface area contributed by atoms with Gasteiger partial charge >= 0.3 is 5.97 Å². The highest BCUT2D eigenvalue weighted by molar-refractivity contribution is 7.91. The highest BCUT2D eigenvalue weighted by Crippen LogP contribution is 2.40. The lowest BCUT2D eigenvalue weighted by molar-refractivity contribution is -0.142. The van der Waals surface area contributed by atoms with Crippen LogP contribution in [0.25, 0.3) is 0 Å². The lowest BCUT2D eigenvalue weighted by Gasteiger charge is -2.24. The molecule has 0 aromatic heterocycles. The third kappa shape index (κ3) is 3.44. The maximum atomic E-state index is 11.9. The molecule has 0 aromatic carbocycles. The van der Waals surface area contributed by atoms with Crippen molar-refractivity contribution in [1.29, 1.82) is 0 Å². The molecule has 0 aliphatic heterocycles. The molecule has 7 heteroatoms. The molecule has 0 unspecified atom stereocenters. The molecule has 1 aliphatic carbocycles. The number of amides is 1. The minimum Gasteiger partial charge on any atom is -0.481 e. The number of carbonyl (C=O) groups excluding carboxylic acids is 1. The van der Waals surface area contributed by atoms with Gasteiger partial charge in [-0.2, -0.15) is 0 Å². The molecule has 1 saturated carbocycles. The van der Waals surface area contributed by atoms with Crippen LogP contribution in [0.1, 0.15) is 20.3 Å². The molecule has 0 heterocycles. The van der Waals surface area contributed by atoms with Gasteiger partial charge in [-0.1, -0.05) is 6.92 Å². The van der Waals surface area contributed by atoms with Gasteiger partial charge in [0.05, 0.1) is 17.6 Å². The molecule has 1 amide bonds. The Labute approximate surface area is 107 Å². The topological polar surface area (TPSA) is 91.8 Å². The van der Waals surface area contributed by atoms with E-state index in [1.807, 2.05) is 0 Å². The van der Waals surface area contributed by atoms with Crippen molar-refractivity contribution in [3.8, 4) is 0 Å². The van der Waals surface area contributed by atoms with Crippen LogP contribution in [0.4, 0.5) is 0 Å². The van der Waals surface area contributed by atoms with E-state index in [1.165, 1.54) is 11.9 Å². The average molecular weight is 277 g/mol. The molecule has 104 valence electrons. The van der Waals surface area contributed by atoms with E-state index in [2.05, 4.69) is 0 Å². The minimum absolute atomic E-state index is 0.0422. The number of sulfone groups is 1. The van der Waals surface area contributed by atoms with Gasteiger partial charge < -0.3 is 10.0 Å². The largest absolute Gasteiger partial charge is 0.481 e. The number of carbonyl (C=O) groups is 2. The smallest absolute Gasteiger partial charge is 0.307 e. The van der Waals surface area contributed by atoms with Crippen LogP contribution in [0.3, 0.4) is 0 Å². The molecule has 0 saturated heterocycles. The molecule has 0 radical (unpaired) electrons. The Morgan fingerprint density at radius 3 is 2.33 bits per heavy atom. The molecule has 0 aromatic rings. The van der Waals surface area contributed by atoms with Crippen LogP contribution >= 0.6 is 0 Å². The van der Waals surface area contributed by atoms with Gasteiger partial charge in [0.1, 0.15) is 0 Å². The van der Waals surface area contributed by atoms with Crippen LogP contribution in [0.5, 0.6) is 0 Å². The van der Waals surface area contributed by atoms with Crippen LogP contribution in [0, 0.1) is 11.8 Å². The Bertz CT molecular complexity index is 444. The van der Waals surface area contributed by atoms with Crippen molar-refractivity contribution in [2.75, 3.05) is 18.6 Å². The van der Waals surface area contributed by atoms with Crippen LogP contribution in [0.2, 0.25) is 0 Å². The summed E-state index contributed by atoms with van der Waals surface area (Å²) in [4.78, 5) is 23.9. The molecule has 6 nitrogen and oxygen atoms in total. The van der Waals surface area contributed by atoms with E-state index < -0.39 is 33.7 Å². The van der Waals surface area contributed by atoms with Gasteiger partial charge in [-0.15, -0.1) is 0 Å². The second kappa shape index (κ2) is 5.26. The first-order chi connectivity index (χ1) is 8.19. The molecule has 0 spiro atoms. The van der Waals surface area contributed by atoms with Crippen LogP contribution < -0.4 is 0 Å². The molecule has 0 bridgehead atoms. The van der Waals surface area contributed by atoms with Crippen molar-refractivity contribution >= 4 is 21.7 Å². The SMILES string of the molecule is CCS(=O)(=O)C[C@H](C)N(C)C(=O)[C@H]1C[C@@H]1C(=O)O. The fraction of sp³-hybridized carbons (Fsp3) is 0.818. The van der Waals surface area contributed by atoms with Crippen molar-refractivity contribution in [1.82, 2.24) is 4.90 Å². The number of carboxylic acids is 1. The maximum Gasteiger partial charge on any atom is 0.307 e. The molecule has 1 rings (SSSR count). The Kier molecular flexibility index (Phi) is 4.37. The quantitative estimate of drug-likeness (QED) is 0.737. The molecule has 3 atom stereocenters. The van der Waals surface area contributed by atoms with Gasteiger partial charge in [0, 0.05) is 18.8 Å². The normalized spacial score (nSPS) is 24.4. The first-order valence-electron chi connectivity index (χ1n) is 5.89. The third-order valence-corrected chi connectivity index (χ3v) is 5.24. The highest BCUT2D eigenvalue weighted by atomic mass is 32.2. The van der Waals surface area contributed by atoms with Crippen molar-refractivity contribution in [3.63, 3.8) is 0 Å². The van der Waals surface area contributed by atoms with E-state index in [9.17, 15) is 18.0 Å². The summed E-state index contributed by atoms with van der Waals surface area (Å²) in [5.74, 6) is -2.37. The Morgan fingerprint density at radius 1 is 1.39 bits per heavy atom. The van der Waals surface area contributed by atoms with E-state index in [-0.39, 0.29) is 17.4 Å².